The monoisotopic (exact) mass is 207 g/mol. The van der Waals surface area contributed by atoms with Crippen LogP contribution >= 0.6 is 0 Å². The van der Waals surface area contributed by atoms with Crippen LogP contribution in [0.15, 0.2) is 12.3 Å². The van der Waals surface area contributed by atoms with Crippen LogP contribution in [-0.2, 0) is 6.42 Å². The molecule has 2 heterocycles. The summed E-state index contributed by atoms with van der Waals surface area (Å²) in [5.74, 6) is 0.807. The summed E-state index contributed by atoms with van der Waals surface area (Å²) in [6.45, 7) is 7.10. The van der Waals surface area contributed by atoms with Crippen molar-refractivity contribution < 1.29 is 0 Å². The molecule has 0 bridgehead atoms. The first-order valence-electron chi connectivity index (χ1n) is 5.98. The summed E-state index contributed by atoms with van der Waals surface area (Å²) < 4.78 is 0. The summed E-state index contributed by atoms with van der Waals surface area (Å²) in [5, 5.41) is 7.06. The van der Waals surface area contributed by atoms with E-state index in [0.717, 1.165) is 12.3 Å². The number of aromatic nitrogens is 2. The molecule has 0 spiro atoms. The van der Waals surface area contributed by atoms with Crippen LogP contribution in [-0.4, -0.2) is 34.2 Å². The number of nitrogens with zero attached hydrogens (tertiary/aromatic N) is 2. The molecule has 0 radical (unpaired) electrons. The maximum absolute atomic E-state index is 4.00. The average molecular weight is 207 g/mol. The van der Waals surface area contributed by atoms with Crippen molar-refractivity contribution in [3.63, 3.8) is 0 Å². The molecule has 1 aliphatic rings. The summed E-state index contributed by atoms with van der Waals surface area (Å²) in [6, 6.07) is 2.78. The Kier molecular flexibility index (Phi) is 3.41. The zero-order valence-corrected chi connectivity index (χ0v) is 9.74. The fourth-order valence-corrected chi connectivity index (χ4v) is 2.44. The molecule has 1 aromatic heterocycles. The van der Waals surface area contributed by atoms with Gasteiger partial charge in [-0.15, -0.1) is 0 Å². The van der Waals surface area contributed by atoms with Gasteiger partial charge in [-0.05, 0) is 51.6 Å². The number of hydrogen-bond donors (Lipinski definition) is 1. The lowest BCUT2D eigenvalue weighted by Crippen LogP contribution is -2.40. The molecule has 84 valence electrons. The molecule has 0 aliphatic carbocycles. The molecule has 1 aromatic rings. The van der Waals surface area contributed by atoms with E-state index in [0.29, 0.717) is 6.04 Å². The summed E-state index contributed by atoms with van der Waals surface area (Å²) in [6.07, 6.45) is 5.71. The van der Waals surface area contributed by atoms with Gasteiger partial charge in [0.2, 0.25) is 0 Å². The minimum absolute atomic E-state index is 0.689. The molecule has 1 aliphatic heterocycles. The second-order valence-electron chi connectivity index (χ2n) is 4.88. The van der Waals surface area contributed by atoms with E-state index in [4.69, 9.17) is 0 Å². The van der Waals surface area contributed by atoms with Gasteiger partial charge in [-0.1, -0.05) is 0 Å². The zero-order chi connectivity index (χ0) is 10.7. The van der Waals surface area contributed by atoms with E-state index in [9.17, 15) is 0 Å². The number of rotatable bonds is 3. The molecular weight excluding hydrogens is 186 g/mol. The third-order valence-electron chi connectivity index (χ3n) is 3.35. The van der Waals surface area contributed by atoms with Crippen molar-refractivity contribution in [2.45, 2.75) is 39.2 Å². The van der Waals surface area contributed by atoms with Crippen LogP contribution in [0.3, 0.4) is 0 Å². The van der Waals surface area contributed by atoms with Crippen LogP contribution in [0.25, 0.3) is 0 Å². The third-order valence-corrected chi connectivity index (χ3v) is 3.35. The van der Waals surface area contributed by atoms with E-state index in [2.05, 4.69) is 35.0 Å². The lowest BCUT2D eigenvalue weighted by Gasteiger charge is -2.35. The fraction of sp³-hybridized carbons (Fsp3) is 0.750. The minimum atomic E-state index is 0.689. The van der Waals surface area contributed by atoms with Crippen molar-refractivity contribution >= 4 is 0 Å². The van der Waals surface area contributed by atoms with E-state index in [-0.39, 0.29) is 0 Å². The predicted molar refractivity (Wildman–Crippen MR) is 61.7 cm³/mol. The summed E-state index contributed by atoms with van der Waals surface area (Å²) >= 11 is 0. The number of hydrogen-bond acceptors (Lipinski definition) is 2. The molecule has 0 saturated carbocycles. The van der Waals surface area contributed by atoms with Crippen molar-refractivity contribution in [2.75, 3.05) is 13.1 Å². The number of nitrogens with one attached hydrogen (secondary N) is 1. The first-order chi connectivity index (χ1) is 7.25. The van der Waals surface area contributed by atoms with E-state index in [1.807, 2.05) is 6.20 Å². The maximum Gasteiger partial charge on any atom is 0.0490 e. The summed E-state index contributed by atoms with van der Waals surface area (Å²) in [4.78, 5) is 2.59. The van der Waals surface area contributed by atoms with Crippen LogP contribution in [0.1, 0.15) is 32.4 Å². The molecule has 1 saturated heterocycles. The van der Waals surface area contributed by atoms with Crippen molar-refractivity contribution in [3.8, 4) is 0 Å². The molecule has 15 heavy (non-hydrogen) atoms. The second-order valence-corrected chi connectivity index (χ2v) is 4.88. The number of piperidine rings is 1. The zero-order valence-electron chi connectivity index (χ0n) is 9.74. The quantitative estimate of drug-likeness (QED) is 0.823. The molecule has 3 nitrogen and oxygen atoms in total. The highest BCUT2D eigenvalue weighted by molar-refractivity contribution is 4.99. The highest BCUT2D eigenvalue weighted by atomic mass is 15.2. The first-order valence-corrected chi connectivity index (χ1v) is 5.98. The Labute approximate surface area is 91.9 Å². The van der Waals surface area contributed by atoms with E-state index in [1.54, 1.807) is 0 Å². The number of likely N-dealkylation sites (tertiary alicyclic amines) is 1. The second kappa shape index (κ2) is 4.79. The Morgan fingerprint density at radius 1 is 1.60 bits per heavy atom. The molecule has 1 atom stereocenters. The Balaban J connectivity index is 1.88. The van der Waals surface area contributed by atoms with Gasteiger partial charge in [-0.25, -0.2) is 0 Å². The molecule has 2 rings (SSSR count). The number of H-pyrrole nitrogens is 1. The lowest BCUT2D eigenvalue weighted by atomic mass is 9.93. The van der Waals surface area contributed by atoms with E-state index in [1.165, 1.54) is 31.6 Å². The topological polar surface area (TPSA) is 31.9 Å². The normalized spacial score (nSPS) is 23.5. The van der Waals surface area contributed by atoms with Gasteiger partial charge in [-0.2, -0.15) is 5.10 Å². The molecule has 1 fully saturated rings. The van der Waals surface area contributed by atoms with Crippen LogP contribution in [0, 0.1) is 5.92 Å². The number of aromatic amines is 1. The largest absolute Gasteiger partial charge is 0.301 e. The Hall–Kier alpha value is -0.830. The van der Waals surface area contributed by atoms with Crippen LogP contribution in [0.4, 0.5) is 0 Å². The Bertz CT molecular complexity index is 279. The maximum atomic E-state index is 4.00. The van der Waals surface area contributed by atoms with Gasteiger partial charge < -0.3 is 4.90 Å². The minimum Gasteiger partial charge on any atom is -0.301 e. The van der Waals surface area contributed by atoms with Gasteiger partial charge in [0.15, 0.2) is 0 Å². The summed E-state index contributed by atoms with van der Waals surface area (Å²) in [5.41, 5.74) is 1.28. The smallest absolute Gasteiger partial charge is 0.0490 e. The van der Waals surface area contributed by atoms with Gasteiger partial charge in [-0.3, -0.25) is 5.10 Å². The Morgan fingerprint density at radius 2 is 2.47 bits per heavy atom. The predicted octanol–water partition coefficient (Wildman–Crippen LogP) is 2.07. The Morgan fingerprint density at radius 3 is 3.13 bits per heavy atom. The van der Waals surface area contributed by atoms with Crippen molar-refractivity contribution in [1.82, 2.24) is 15.1 Å². The highest BCUT2D eigenvalue weighted by Crippen LogP contribution is 2.21. The van der Waals surface area contributed by atoms with Gasteiger partial charge in [0.1, 0.15) is 0 Å². The molecule has 0 unspecified atom stereocenters. The fourth-order valence-electron chi connectivity index (χ4n) is 2.44. The SMILES string of the molecule is CC(C)N1CCC[C@@H](Cc2ccn[nH]2)C1. The van der Waals surface area contributed by atoms with Gasteiger partial charge in [0.25, 0.3) is 0 Å². The van der Waals surface area contributed by atoms with Crippen LogP contribution in [0.5, 0.6) is 0 Å². The van der Waals surface area contributed by atoms with Crippen LogP contribution in [0.2, 0.25) is 0 Å². The molecule has 3 heteroatoms. The molecule has 1 N–H and O–H groups in total. The summed E-state index contributed by atoms with van der Waals surface area (Å²) in [7, 11) is 0. The van der Waals surface area contributed by atoms with Crippen LogP contribution < -0.4 is 0 Å². The van der Waals surface area contributed by atoms with Gasteiger partial charge >= 0.3 is 0 Å². The van der Waals surface area contributed by atoms with Crippen molar-refractivity contribution in [1.29, 1.82) is 0 Å². The molecular formula is C12H21N3. The van der Waals surface area contributed by atoms with E-state index >= 15 is 0 Å². The van der Waals surface area contributed by atoms with Gasteiger partial charge in [0, 0.05) is 24.5 Å². The molecule has 0 amide bonds. The first kappa shape index (κ1) is 10.7. The average Bonchev–Trinajstić information content (AvgIpc) is 2.71. The highest BCUT2D eigenvalue weighted by Gasteiger charge is 2.21. The third kappa shape index (κ3) is 2.81. The van der Waals surface area contributed by atoms with Gasteiger partial charge in [0.05, 0.1) is 0 Å². The van der Waals surface area contributed by atoms with Crippen molar-refractivity contribution in [2.24, 2.45) is 5.92 Å². The lowest BCUT2D eigenvalue weighted by molar-refractivity contribution is 0.139. The van der Waals surface area contributed by atoms with E-state index < -0.39 is 0 Å². The standard InChI is InChI=1S/C12H21N3/c1-10(2)15-7-3-4-11(9-15)8-12-5-6-13-14-12/h5-6,10-11H,3-4,7-9H2,1-2H3,(H,13,14)/t11-/m0/s1. The molecule has 0 aromatic carbocycles. The van der Waals surface area contributed by atoms with Crippen molar-refractivity contribution in [3.05, 3.63) is 18.0 Å².